The van der Waals surface area contributed by atoms with Crippen LogP contribution in [0.3, 0.4) is 0 Å². The summed E-state index contributed by atoms with van der Waals surface area (Å²) in [5.41, 5.74) is 0.901. The molecule has 0 atom stereocenters. The summed E-state index contributed by atoms with van der Waals surface area (Å²) in [6.45, 7) is 12.1. The third kappa shape index (κ3) is 13.0. The van der Waals surface area contributed by atoms with E-state index in [9.17, 15) is 4.79 Å². The molecular formula is C16H32N4O4. The SMILES string of the molecule is CC.CCC(=O)NCCOCCOCCOCCn1cc(C)nn1. The number of nitrogens with one attached hydrogen (secondary N) is 1. The quantitative estimate of drug-likeness (QED) is 0.541. The van der Waals surface area contributed by atoms with Gasteiger partial charge in [0, 0.05) is 19.2 Å². The van der Waals surface area contributed by atoms with Crippen molar-refractivity contribution in [3.63, 3.8) is 0 Å². The van der Waals surface area contributed by atoms with E-state index in [4.69, 9.17) is 14.2 Å². The van der Waals surface area contributed by atoms with Crippen LogP contribution in [0.4, 0.5) is 0 Å². The maximum absolute atomic E-state index is 10.9. The van der Waals surface area contributed by atoms with E-state index in [0.717, 1.165) is 5.69 Å². The van der Waals surface area contributed by atoms with Gasteiger partial charge in [0.2, 0.25) is 5.91 Å². The van der Waals surface area contributed by atoms with Crippen LogP contribution in [0.1, 0.15) is 32.9 Å². The third-order valence-electron chi connectivity index (χ3n) is 2.75. The topological polar surface area (TPSA) is 87.5 Å². The predicted molar refractivity (Wildman–Crippen MR) is 91.9 cm³/mol. The van der Waals surface area contributed by atoms with Crippen LogP contribution in [-0.4, -0.2) is 67.1 Å². The molecular weight excluding hydrogens is 312 g/mol. The number of ether oxygens (including phenoxy) is 3. The Labute approximate surface area is 144 Å². The van der Waals surface area contributed by atoms with E-state index >= 15 is 0 Å². The van der Waals surface area contributed by atoms with E-state index in [0.29, 0.717) is 59.2 Å². The van der Waals surface area contributed by atoms with Gasteiger partial charge in [0.15, 0.2) is 0 Å². The second kappa shape index (κ2) is 16.4. The molecule has 0 aliphatic rings. The van der Waals surface area contributed by atoms with E-state index < -0.39 is 0 Å². The average Bonchev–Trinajstić information content (AvgIpc) is 3.02. The van der Waals surface area contributed by atoms with Crippen molar-refractivity contribution < 1.29 is 19.0 Å². The van der Waals surface area contributed by atoms with Gasteiger partial charge in [-0.1, -0.05) is 26.0 Å². The van der Waals surface area contributed by atoms with Gasteiger partial charge in [-0.3, -0.25) is 4.79 Å². The maximum atomic E-state index is 10.9. The zero-order valence-electron chi connectivity index (χ0n) is 15.4. The summed E-state index contributed by atoms with van der Waals surface area (Å²) >= 11 is 0. The second-order valence-electron chi connectivity index (χ2n) is 4.66. The first kappa shape index (κ1) is 22.5. The van der Waals surface area contributed by atoms with Crippen molar-refractivity contribution in [2.75, 3.05) is 46.2 Å². The van der Waals surface area contributed by atoms with Gasteiger partial charge >= 0.3 is 0 Å². The van der Waals surface area contributed by atoms with Crippen LogP contribution in [0, 0.1) is 6.92 Å². The first-order valence-corrected chi connectivity index (χ1v) is 8.59. The standard InChI is InChI=1S/C14H26N4O4.C2H6/c1-3-14(19)15-4-6-20-8-10-22-11-9-21-7-5-18-12-13(2)16-17-18;1-2/h12H,3-11H2,1-2H3,(H,15,19);1-2H3. The first-order valence-electron chi connectivity index (χ1n) is 8.59. The number of aryl methyl sites for hydroxylation is 1. The van der Waals surface area contributed by atoms with Crippen LogP contribution in [0.15, 0.2) is 6.20 Å². The summed E-state index contributed by atoms with van der Waals surface area (Å²) < 4.78 is 17.9. The maximum Gasteiger partial charge on any atom is 0.219 e. The Morgan fingerprint density at radius 1 is 1.08 bits per heavy atom. The van der Waals surface area contributed by atoms with E-state index in [1.807, 2.05) is 33.9 Å². The van der Waals surface area contributed by atoms with Crippen LogP contribution in [0.25, 0.3) is 0 Å². The number of aromatic nitrogens is 3. The monoisotopic (exact) mass is 344 g/mol. The van der Waals surface area contributed by atoms with Crippen molar-refractivity contribution in [2.24, 2.45) is 0 Å². The summed E-state index contributed by atoms with van der Waals surface area (Å²) in [7, 11) is 0. The molecule has 1 rings (SSSR count). The van der Waals surface area contributed by atoms with E-state index in [1.165, 1.54) is 0 Å². The van der Waals surface area contributed by atoms with E-state index in [1.54, 1.807) is 4.68 Å². The average molecular weight is 344 g/mol. The molecule has 1 amide bonds. The number of rotatable bonds is 13. The summed E-state index contributed by atoms with van der Waals surface area (Å²) in [5.74, 6) is 0.0399. The summed E-state index contributed by atoms with van der Waals surface area (Å²) in [5, 5.41) is 10.6. The third-order valence-corrected chi connectivity index (χ3v) is 2.75. The van der Waals surface area contributed by atoms with Crippen molar-refractivity contribution in [1.82, 2.24) is 20.3 Å². The van der Waals surface area contributed by atoms with Crippen molar-refractivity contribution in [3.05, 3.63) is 11.9 Å². The Hall–Kier alpha value is -1.51. The molecule has 0 aliphatic carbocycles. The highest BCUT2D eigenvalue weighted by Gasteiger charge is 1.97. The lowest BCUT2D eigenvalue weighted by Gasteiger charge is -2.07. The molecule has 0 unspecified atom stereocenters. The molecule has 0 saturated heterocycles. The molecule has 0 aliphatic heterocycles. The minimum Gasteiger partial charge on any atom is -0.377 e. The molecule has 0 radical (unpaired) electrons. The fraction of sp³-hybridized carbons (Fsp3) is 0.812. The van der Waals surface area contributed by atoms with Gasteiger partial charge in [-0.25, -0.2) is 4.68 Å². The van der Waals surface area contributed by atoms with Gasteiger partial charge in [0.1, 0.15) is 0 Å². The molecule has 1 N–H and O–H groups in total. The van der Waals surface area contributed by atoms with Crippen LogP contribution in [-0.2, 0) is 25.5 Å². The minimum absolute atomic E-state index is 0.0399. The van der Waals surface area contributed by atoms with Gasteiger partial charge in [0.25, 0.3) is 0 Å². The molecule has 0 fully saturated rings. The molecule has 1 aromatic rings. The Morgan fingerprint density at radius 2 is 1.67 bits per heavy atom. The molecule has 8 nitrogen and oxygen atoms in total. The molecule has 0 spiro atoms. The fourth-order valence-electron chi connectivity index (χ4n) is 1.59. The number of carbonyl (C=O) groups excluding carboxylic acids is 1. The number of nitrogens with zero attached hydrogens (tertiary/aromatic N) is 3. The van der Waals surface area contributed by atoms with Crippen molar-refractivity contribution >= 4 is 5.91 Å². The van der Waals surface area contributed by atoms with Crippen LogP contribution in [0.5, 0.6) is 0 Å². The Kier molecular flexibility index (Phi) is 15.3. The zero-order chi connectivity index (χ0) is 18.0. The van der Waals surface area contributed by atoms with Gasteiger partial charge in [-0.05, 0) is 6.92 Å². The number of hydrogen-bond acceptors (Lipinski definition) is 6. The van der Waals surface area contributed by atoms with E-state index in [-0.39, 0.29) is 5.91 Å². The Bertz CT molecular complexity index is 413. The Balaban J connectivity index is 0.00000254. The highest BCUT2D eigenvalue weighted by molar-refractivity contribution is 5.75. The highest BCUT2D eigenvalue weighted by Crippen LogP contribution is 1.89. The van der Waals surface area contributed by atoms with Gasteiger partial charge in [-0.2, -0.15) is 0 Å². The molecule has 0 saturated carbocycles. The summed E-state index contributed by atoms with van der Waals surface area (Å²) in [6.07, 6.45) is 2.37. The van der Waals surface area contributed by atoms with Crippen LogP contribution < -0.4 is 5.32 Å². The molecule has 0 bridgehead atoms. The first-order chi connectivity index (χ1) is 11.7. The highest BCUT2D eigenvalue weighted by atomic mass is 16.5. The normalized spacial score (nSPS) is 10.2. The van der Waals surface area contributed by atoms with Crippen LogP contribution >= 0.6 is 0 Å². The molecule has 0 aromatic carbocycles. The summed E-state index contributed by atoms with van der Waals surface area (Å²) in [6, 6.07) is 0. The predicted octanol–water partition coefficient (Wildman–Crippen LogP) is 1.19. The lowest BCUT2D eigenvalue weighted by atomic mass is 10.4. The molecule has 140 valence electrons. The van der Waals surface area contributed by atoms with Gasteiger partial charge in [-0.15, -0.1) is 5.10 Å². The van der Waals surface area contributed by atoms with Crippen molar-refractivity contribution in [2.45, 2.75) is 40.7 Å². The van der Waals surface area contributed by atoms with Crippen molar-refractivity contribution in [3.8, 4) is 0 Å². The van der Waals surface area contributed by atoms with Crippen LogP contribution in [0.2, 0.25) is 0 Å². The number of hydrogen-bond donors (Lipinski definition) is 1. The lowest BCUT2D eigenvalue weighted by Crippen LogP contribution is -2.26. The van der Waals surface area contributed by atoms with Gasteiger partial charge < -0.3 is 19.5 Å². The minimum atomic E-state index is 0.0399. The van der Waals surface area contributed by atoms with E-state index in [2.05, 4.69) is 15.6 Å². The Morgan fingerprint density at radius 3 is 2.21 bits per heavy atom. The summed E-state index contributed by atoms with van der Waals surface area (Å²) in [4.78, 5) is 10.9. The van der Waals surface area contributed by atoms with Crippen molar-refractivity contribution in [1.29, 1.82) is 0 Å². The largest absolute Gasteiger partial charge is 0.377 e. The zero-order valence-corrected chi connectivity index (χ0v) is 15.4. The molecule has 24 heavy (non-hydrogen) atoms. The smallest absolute Gasteiger partial charge is 0.219 e. The fourth-order valence-corrected chi connectivity index (χ4v) is 1.59. The molecule has 8 heteroatoms. The molecule has 1 heterocycles. The second-order valence-corrected chi connectivity index (χ2v) is 4.66. The van der Waals surface area contributed by atoms with Gasteiger partial charge in [0.05, 0.1) is 51.9 Å². The lowest BCUT2D eigenvalue weighted by molar-refractivity contribution is -0.121. The number of carbonyl (C=O) groups is 1. The number of amides is 1. The molecule has 1 aromatic heterocycles.